The molecule has 108 valence electrons. The van der Waals surface area contributed by atoms with Crippen molar-refractivity contribution in [3.8, 4) is 0 Å². The van der Waals surface area contributed by atoms with Crippen molar-refractivity contribution in [3.63, 3.8) is 0 Å². The molecule has 4 heteroatoms. The standard InChI is InChI=1S/C16H20Cl2N2/c1-11-4-2-5-12(8-11)10-20-14-7-3-6-13(18)16(14)19-15(20)9-17/h3,6-7,11-12H,2,4-5,8-10H2,1H3. The molecule has 2 unspecified atom stereocenters. The first-order valence-electron chi connectivity index (χ1n) is 7.38. The van der Waals surface area contributed by atoms with E-state index in [2.05, 4.69) is 22.5 Å². The van der Waals surface area contributed by atoms with Gasteiger partial charge in [0.05, 0.1) is 16.4 Å². The van der Waals surface area contributed by atoms with Crippen LogP contribution in [0, 0.1) is 11.8 Å². The largest absolute Gasteiger partial charge is 0.327 e. The maximum atomic E-state index is 6.25. The Balaban J connectivity index is 1.95. The molecule has 1 aliphatic rings. The number of benzene rings is 1. The normalized spacial score (nSPS) is 23.4. The monoisotopic (exact) mass is 310 g/mol. The SMILES string of the molecule is CC1CCCC(Cn2c(CCl)nc3c(Cl)cccc32)C1. The average molecular weight is 311 g/mol. The van der Waals surface area contributed by atoms with E-state index in [1.165, 1.54) is 25.7 Å². The molecule has 3 rings (SSSR count). The maximum absolute atomic E-state index is 6.25. The molecule has 1 aromatic carbocycles. The Hall–Kier alpha value is -0.730. The Labute approximate surface area is 130 Å². The lowest BCUT2D eigenvalue weighted by molar-refractivity contribution is 0.257. The van der Waals surface area contributed by atoms with Crippen LogP contribution in [-0.4, -0.2) is 9.55 Å². The van der Waals surface area contributed by atoms with Gasteiger partial charge in [-0.2, -0.15) is 0 Å². The van der Waals surface area contributed by atoms with Gasteiger partial charge >= 0.3 is 0 Å². The van der Waals surface area contributed by atoms with Crippen LogP contribution in [-0.2, 0) is 12.4 Å². The van der Waals surface area contributed by atoms with Gasteiger partial charge < -0.3 is 4.57 Å². The van der Waals surface area contributed by atoms with Crippen molar-refractivity contribution in [1.82, 2.24) is 9.55 Å². The lowest BCUT2D eigenvalue weighted by Gasteiger charge is -2.27. The zero-order valence-corrected chi connectivity index (χ0v) is 13.3. The third kappa shape index (κ3) is 2.68. The number of hydrogen-bond donors (Lipinski definition) is 0. The summed E-state index contributed by atoms with van der Waals surface area (Å²) in [5.41, 5.74) is 2.00. The quantitative estimate of drug-likeness (QED) is 0.707. The summed E-state index contributed by atoms with van der Waals surface area (Å²) in [5, 5.41) is 0.713. The van der Waals surface area contributed by atoms with Gasteiger partial charge in [0.15, 0.2) is 0 Å². The number of fused-ring (bicyclic) bond motifs is 1. The molecule has 1 fully saturated rings. The summed E-state index contributed by atoms with van der Waals surface area (Å²) in [4.78, 5) is 4.61. The molecule has 0 amide bonds. The molecule has 0 radical (unpaired) electrons. The zero-order chi connectivity index (χ0) is 14.1. The van der Waals surface area contributed by atoms with E-state index in [0.29, 0.717) is 10.9 Å². The second-order valence-corrected chi connectivity index (χ2v) is 6.69. The van der Waals surface area contributed by atoms with Gasteiger partial charge in [-0.1, -0.05) is 37.4 Å². The lowest BCUT2D eigenvalue weighted by atomic mass is 9.82. The van der Waals surface area contributed by atoms with Crippen molar-refractivity contribution < 1.29 is 0 Å². The maximum Gasteiger partial charge on any atom is 0.124 e. The number of hydrogen-bond acceptors (Lipinski definition) is 1. The highest BCUT2D eigenvalue weighted by Crippen LogP contribution is 2.32. The van der Waals surface area contributed by atoms with Crippen LogP contribution in [0.5, 0.6) is 0 Å². The molecular weight excluding hydrogens is 291 g/mol. The number of alkyl halides is 1. The Morgan fingerprint density at radius 3 is 2.95 bits per heavy atom. The molecule has 2 nitrogen and oxygen atoms in total. The first-order chi connectivity index (χ1) is 9.69. The number of rotatable bonds is 3. The summed E-state index contributed by atoms with van der Waals surface area (Å²) in [6.07, 6.45) is 5.33. The first kappa shape index (κ1) is 14.2. The van der Waals surface area contributed by atoms with E-state index in [1.54, 1.807) is 0 Å². The van der Waals surface area contributed by atoms with Gasteiger partial charge in [0.25, 0.3) is 0 Å². The molecule has 0 spiro atoms. The summed E-state index contributed by atoms with van der Waals surface area (Å²) in [6.45, 7) is 3.38. The van der Waals surface area contributed by atoms with Crippen LogP contribution in [0.2, 0.25) is 5.02 Å². The van der Waals surface area contributed by atoms with E-state index < -0.39 is 0 Å². The van der Waals surface area contributed by atoms with Crippen molar-refractivity contribution in [1.29, 1.82) is 0 Å². The Kier molecular flexibility index (Phi) is 4.23. The summed E-state index contributed by atoms with van der Waals surface area (Å²) in [7, 11) is 0. The fourth-order valence-corrected chi connectivity index (χ4v) is 3.87. The van der Waals surface area contributed by atoms with Crippen molar-refractivity contribution in [3.05, 3.63) is 29.0 Å². The van der Waals surface area contributed by atoms with Gasteiger partial charge in [0, 0.05) is 6.54 Å². The molecule has 0 bridgehead atoms. The molecule has 0 N–H and O–H groups in total. The molecule has 0 saturated heterocycles. The highest BCUT2D eigenvalue weighted by atomic mass is 35.5. The minimum Gasteiger partial charge on any atom is -0.327 e. The molecule has 2 atom stereocenters. The highest BCUT2D eigenvalue weighted by molar-refractivity contribution is 6.35. The summed E-state index contributed by atoms with van der Waals surface area (Å²) >= 11 is 12.3. The third-order valence-electron chi connectivity index (χ3n) is 4.41. The highest BCUT2D eigenvalue weighted by Gasteiger charge is 2.21. The molecule has 20 heavy (non-hydrogen) atoms. The number of aromatic nitrogens is 2. The summed E-state index contributed by atoms with van der Waals surface area (Å²) in [5.74, 6) is 2.95. The molecule has 1 aromatic heterocycles. The van der Waals surface area contributed by atoms with Crippen LogP contribution < -0.4 is 0 Å². The van der Waals surface area contributed by atoms with E-state index in [0.717, 1.165) is 35.2 Å². The second kappa shape index (κ2) is 5.95. The lowest BCUT2D eigenvalue weighted by Crippen LogP contribution is -2.19. The van der Waals surface area contributed by atoms with Gasteiger partial charge in [-0.25, -0.2) is 4.98 Å². The first-order valence-corrected chi connectivity index (χ1v) is 8.30. The number of nitrogens with zero attached hydrogens (tertiary/aromatic N) is 2. The van der Waals surface area contributed by atoms with Crippen LogP contribution in [0.3, 0.4) is 0 Å². The fraction of sp³-hybridized carbons (Fsp3) is 0.562. The molecule has 1 heterocycles. The van der Waals surface area contributed by atoms with Gasteiger partial charge in [0.2, 0.25) is 0 Å². The van der Waals surface area contributed by atoms with E-state index in [4.69, 9.17) is 23.2 Å². The number of halogens is 2. The fourth-order valence-electron chi connectivity index (χ4n) is 3.45. The predicted octanol–water partition coefficient (Wildman–Crippen LogP) is 5.25. The smallest absolute Gasteiger partial charge is 0.124 e. The van der Waals surface area contributed by atoms with E-state index in [9.17, 15) is 0 Å². The number of imidazole rings is 1. The van der Waals surface area contributed by atoms with Crippen molar-refractivity contribution in [2.45, 2.75) is 45.0 Å². The van der Waals surface area contributed by atoms with Gasteiger partial charge in [0.1, 0.15) is 11.3 Å². The van der Waals surface area contributed by atoms with E-state index >= 15 is 0 Å². The topological polar surface area (TPSA) is 17.8 Å². The minimum absolute atomic E-state index is 0.438. The minimum atomic E-state index is 0.438. The van der Waals surface area contributed by atoms with E-state index in [-0.39, 0.29) is 0 Å². The van der Waals surface area contributed by atoms with Gasteiger partial charge in [-0.05, 0) is 36.8 Å². The van der Waals surface area contributed by atoms with Crippen LogP contribution in [0.1, 0.15) is 38.4 Å². The van der Waals surface area contributed by atoms with Crippen LogP contribution in [0.25, 0.3) is 11.0 Å². The third-order valence-corrected chi connectivity index (χ3v) is 4.96. The summed E-state index contributed by atoms with van der Waals surface area (Å²) in [6, 6.07) is 5.97. The van der Waals surface area contributed by atoms with Crippen molar-refractivity contribution >= 4 is 34.2 Å². The second-order valence-electron chi connectivity index (χ2n) is 6.02. The van der Waals surface area contributed by atoms with E-state index in [1.807, 2.05) is 12.1 Å². The molecule has 1 saturated carbocycles. The average Bonchev–Trinajstić information content (AvgIpc) is 2.79. The van der Waals surface area contributed by atoms with Crippen molar-refractivity contribution in [2.75, 3.05) is 0 Å². The Morgan fingerprint density at radius 1 is 1.35 bits per heavy atom. The zero-order valence-electron chi connectivity index (χ0n) is 11.8. The summed E-state index contributed by atoms with van der Waals surface area (Å²) < 4.78 is 2.27. The van der Waals surface area contributed by atoms with Crippen LogP contribution in [0.4, 0.5) is 0 Å². The van der Waals surface area contributed by atoms with Crippen LogP contribution in [0.15, 0.2) is 18.2 Å². The number of para-hydroxylation sites is 1. The molecule has 1 aliphatic carbocycles. The molecular formula is C16H20Cl2N2. The molecule has 0 aliphatic heterocycles. The van der Waals surface area contributed by atoms with Crippen LogP contribution >= 0.6 is 23.2 Å². The van der Waals surface area contributed by atoms with Gasteiger partial charge in [-0.3, -0.25) is 0 Å². The molecule has 2 aromatic rings. The Bertz CT molecular complexity index is 606. The predicted molar refractivity (Wildman–Crippen MR) is 85.4 cm³/mol. The van der Waals surface area contributed by atoms with Gasteiger partial charge in [-0.15, -0.1) is 11.6 Å². The van der Waals surface area contributed by atoms with Crippen molar-refractivity contribution in [2.24, 2.45) is 11.8 Å². The Morgan fingerprint density at radius 2 is 2.20 bits per heavy atom.